The Labute approximate surface area is 95.5 Å². The molecule has 0 atom stereocenters. The summed E-state index contributed by atoms with van der Waals surface area (Å²) in [6.07, 6.45) is 1.96. The van der Waals surface area contributed by atoms with E-state index in [-0.39, 0.29) is 6.61 Å². The Morgan fingerprint density at radius 1 is 1.25 bits per heavy atom. The molecule has 1 N–H and O–H groups in total. The Balaban J connectivity index is 1.77. The summed E-state index contributed by atoms with van der Waals surface area (Å²) < 4.78 is 1.73. The fraction of sp³-hybridized carbons (Fsp3) is 0.800. The molecule has 1 aromatic rings. The zero-order valence-corrected chi connectivity index (χ0v) is 9.71. The zero-order valence-electron chi connectivity index (χ0n) is 9.71. The van der Waals surface area contributed by atoms with Crippen molar-refractivity contribution in [3.63, 3.8) is 0 Å². The van der Waals surface area contributed by atoms with Crippen LogP contribution >= 0.6 is 0 Å². The lowest BCUT2D eigenvalue weighted by molar-refractivity contribution is 0.107. The van der Waals surface area contributed by atoms with Gasteiger partial charge in [-0.2, -0.15) is 0 Å². The molecule has 6 nitrogen and oxygen atoms in total. The average Bonchev–Trinajstić information content (AvgIpc) is 2.67. The summed E-state index contributed by atoms with van der Waals surface area (Å²) in [4.78, 5) is 4.66. The molecule has 1 saturated heterocycles. The molecule has 1 fully saturated rings. The molecule has 0 aromatic carbocycles. The zero-order chi connectivity index (χ0) is 11.4. The number of hydrogen-bond donors (Lipinski definition) is 1. The summed E-state index contributed by atoms with van der Waals surface area (Å²) in [5, 5.41) is 16.9. The highest BCUT2D eigenvalue weighted by Gasteiger charge is 2.17. The Bertz CT molecular complexity index is 319. The quantitative estimate of drug-likeness (QED) is 0.707. The van der Waals surface area contributed by atoms with Crippen molar-refractivity contribution in [3.8, 4) is 0 Å². The van der Waals surface area contributed by atoms with E-state index in [0.29, 0.717) is 0 Å². The second-order valence-corrected chi connectivity index (χ2v) is 4.22. The topological polar surface area (TPSA) is 57.4 Å². The van der Waals surface area contributed by atoms with Crippen molar-refractivity contribution in [2.75, 3.05) is 39.3 Å². The van der Waals surface area contributed by atoms with Crippen molar-refractivity contribution in [1.29, 1.82) is 0 Å². The molecule has 6 heteroatoms. The fourth-order valence-corrected chi connectivity index (χ4v) is 2.01. The van der Waals surface area contributed by atoms with E-state index >= 15 is 0 Å². The predicted octanol–water partition coefficient (Wildman–Crippen LogP) is -1.07. The van der Waals surface area contributed by atoms with E-state index in [1.807, 2.05) is 13.2 Å². The van der Waals surface area contributed by atoms with Gasteiger partial charge in [0.25, 0.3) is 0 Å². The number of nitrogens with zero attached hydrogens (tertiary/aromatic N) is 5. The van der Waals surface area contributed by atoms with E-state index in [1.165, 1.54) is 0 Å². The van der Waals surface area contributed by atoms with Gasteiger partial charge in [0.05, 0.1) is 12.3 Å². The van der Waals surface area contributed by atoms with E-state index in [4.69, 9.17) is 5.11 Å². The van der Waals surface area contributed by atoms with Gasteiger partial charge in [-0.05, 0) is 0 Å². The molecule has 90 valence electrons. The van der Waals surface area contributed by atoms with Crippen molar-refractivity contribution in [3.05, 3.63) is 11.9 Å². The third kappa shape index (κ3) is 3.01. The standard InChI is InChI=1S/C10H19N5O/c1-13-8-10(11-12-13)9-15-4-2-14(3-5-15)6-7-16/h8,16H,2-7,9H2,1H3. The monoisotopic (exact) mass is 225 g/mol. The number of aromatic nitrogens is 3. The molecule has 0 aliphatic carbocycles. The van der Waals surface area contributed by atoms with Crippen LogP contribution in [0.2, 0.25) is 0 Å². The molecule has 0 radical (unpaired) electrons. The van der Waals surface area contributed by atoms with E-state index in [2.05, 4.69) is 20.1 Å². The van der Waals surface area contributed by atoms with Crippen LogP contribution in [-0.4, -0.2) is 69.2 Å². The minimum Gasteiger partial charge on any atom is -0.395 e. The van der Waals surface area contributed by atoms with E-state index in [1.54, 1.807) is 4.68 Å². The predicted molar refractivity (Wildman–Crippen MR) is 59.8 cm³/mol. The Morgan fingerprint density at radius 3 is 2.50 bits per heavy atom. The van der Waals surface area contributed by atoms with Crippen LogP contribution in [0.4, 0.5) is 0 Å². The SMILES string of the molecule is Cn1cc(CN2CCN(CCO)CC2)nn1. The third-order valence-electron chi connectivity index (χ3n) is 2.92. The highest BCUT2D eigenvalue weighted by Crippen LogP contribution is 2.05. The first kappa shape index (κ1) is 11.5. The number of β-amino-alcohol motifs (C(OH)–C–C–N with tert-alkyl or cyclic N) is 1. The van der Waals surface area contributed by atoms with Crippen LogP contribution in [0.15, 0.2) is 6.20 Å². The van der Waals surface area contributed by atoms with Gasteiger partial charge < -0.3 is 5.11 Å². The van der Waals surface area contributed by atoms with E-state index < -0.39 is 0 Å². The fourth-order valence-electron chi connectivity index (χ4n) is 2.01. The molecule has 1 aliphatic heterocycles. The van der Waals surface area contributed by atoms with Gasteiger partial charge in [0, 0.05) is 52.5 Å². The van der Waals surface area contributed by atoms with Gasteiger partial charge in [0.15, 0.2) is 0 Å². The number of piperazine rings is 1. The first-order chi connectivity index (χ1) is 7.78. The summed E-state index contributed by atoms with van der Waals surface area (Å²) in [5.41, 5.74) is 1.03. The summed E-state index contributed by atoms with van der Waals surface area (Å²) in [7, 11) is 1.88. The second-order valence-electron chi connectivity index (χ2n) is 4.22. The van der Waals surface area contributed by atoms with Gasteiger partial charge in [-0.1, -0.05) is 5.21 Å². The molecule has 2 rings (SSSR count). The molecule has 0 saturated carbocycles. The lowest BCUT2D eigenvalue weighted by Crippen LogP contribution is -2.46. The van der Waals surface area contributed by atoms with Crippen LogP contribution < -0.4 is 0 Å². The van der Waals surface area contributed by atoms with Crippen molar-refractivity contribution < 1.29 is 5.11 Å². The number of rotatable bonds is 4. The largest absolute Gasteiger partial charge is 0.395 e. The van der Waals surface area contributed by atoms with Crippen molar-refractivity contribution >= 4 is 0 Å². The summed E-state index contributed by atoms with van der Waals surface area (Å²) in [6.45, 7) is 6.05. The maximum atomic E-state index is 8.85. The first-order valence-corrected chi connectivity index (χ1v) is 5.68. The lowest BCUT2D eigenvalue weighted by atomic mass is 10.3. The highest BCUT2D eigenvalue weighted by atomic mass is 16.3. The van der Waals surface area contributed by atoms with Crippen molar-refractivity contribution in [1.82, 2.24) is 24.8 Å². The summed E-state index contributed by atoms with van der Waals surface area (Å²) >= 11 is 0. The van der Waals surface area contributed by atoms with E-state index in [0.717, 1.165) is 45.0 Å². The van der Waals surface area contributed by atoms with Gasteiger partial charge in [-0.25, -0.2) is 0 Å². The molecule has 1 aliphatic rings. The van der Waals surface area contributed by atoms with Gasteiger partial charge in [-0.3, -0.25) is 14.5 Å². The van der Waals surface area contributed by atoms with Gasteiger partial charge in [0.1, 0.15) is 0 Å². The molecule has 16 heavy (non-hydrogen) atoms. The summed E-state index contributed by atoms with van der Waals surface area (Å²) in [6, 6.07) is 0. The maximum absolute atomic E-state index is 8.85. The molecule has 0 amide bonds. The lowest BCUT2D eigenvalue weighted by Gasteiger charge is -2.33. The Kier molecular flexibility index (Phi) is 3.87. The number of hydrogen-bond acceptors (Lipinski definition) is 5. The first-order valence-electron chi connectivity index (χ1n) is 5.68. The number of aliphatic hydroxyl groups is 1. The Hall–Kier alpha value is -0.980. The van der Waals surface area contributed by atoms with Crippen LogP contribution in [0, 0.1) is 0 Å². The molecular formula is C10H19N5O. The Morgan fingerprint density at radius 2 is 1.94 bits per heavy atom. The maximum Gasteiger partial charge on any atom is 0.0967 e. The van der Waals surface area contributed by atoms with Crippen LogP contribution in [0.3, 0.4) is 0 Å². The van der Waals surface area contributed by atoms with Crippen LogP contribution in [0.25, 0.3) is 0 Å². The average molecular weight is 225 g/mol. The second kappa shape index (κ2) is 5.38. The number of aliphatic hydroxyl groups excluding tert-OH is 1. The van der Waals surface area contributed by atoms with Crippen LogP contribution in [-0.2, 0) is 13.6 Å². The van der Waals surface area contributed by atoms with Crippen molar-refractivity contribution in [2.24, 2.45) is 7.05 Å². The smallest absolute Gasteiger partial charge is 0.0967 e. The minimum absolute atomic E-state index is 0.254. The molecule has 2 heterocycles. The van der Waals surface area contributed by atoms with Crippen LogP contribution in [0.5, 0.6) is 0 Å². The van der Waals surface area contributed by atoms with E-state index in [9.17, 15) is 0 Å². The molecule has 0 spiro atoms. The van der Waals surface area contributed by atoms with Gasteiger partial charge >= 0.3 is 0 Å². The normalized spacial score (nSPS) is 19.1. The minimum atomic E-state index is 0.254. The molecular weight excluding hydrogens is 206 g/mol. The van der Waals surface area contributed by atoms with Crippen LogP contribution in [0.1, 0.15) is 5.69 Å². The molecule has 0 unspecified atom stereocenters. The van der Waals surface area contributed by atoms with Gasteiger partial charge in [-0.15, -0.1) is 5.10 Å². The molecule has 0 bridgehead atoms. The van der Waals surface area contributed by atoms with Crippen molar-refractivity contribution in [2.45, 2.75) is 6.54 Å². The molecule has 1 aromatic heterocycles. The summed E-state index contributed by atoms with van der Waals surface area (Å²) in [5.74, 6) is 0. The third-order valence-corrected chi connectivity index (χ3v) is 2.92. The number of aryl methyl sites for hydroxylation is 1. The van der Waals surface area contributed by atoms with Gasteiger partial charge in [0.2, 0.25) is 0 Å². The highest BCUT2D eigenvalue weighted by molar-refractivity contribution is 4.92.